The van der Waals surface area contributed by atoms with Crippen molar-refractivity contribution in [3.63, 3.8) is 0 Å². The Bertz CT molecular complexity index is 430. The molecule has 0 fully saturated rings. The van der Waals surface area contributed by atoms with E-state index in [0.717, 1.165) is 0 Å². The summed E-state index contributed by atoms with van der Waals surface area (Å²) in [6.45, 7) is -0.832. The third kappa shape index (κ3) is 6.13. The normalized spacial score (nSPS) is 20.6. The molecule has 0 bridgehead atoms. The van der Waals surface area contributed by atoms with Crippen LogP contribution in [0.2, 0.25) is 0 Å². The first-order valence-electron chi connectivity index (χ1n) is 3.86. The van der Waals surface area contributed by atoms with Crippen LogP contribution in [-0.2, 0) is 24.1 Å². The molecule has 12 heteroatoms. The molecule has 0 aromatic heterocycles. The Morgan fingerprint density at radius 3 is 2.28 bits per heavy atom. The van der Waals surface area contributed by atoms with Gasteiger partial charge in [-0.2, -0.15) is 8.42 Å². The second-order valence-electron chi connectivity index (χ2n) is 2.80. The van der Waals surface area contributed by atoms with E-state index in [1.165, 1.54) is 0 Å². The van der Waals surface area contributed by atoms with Crippen molar-refractivity contribution in [2.24, 2.45) is 0 Å². The van der Waals surface area contributed by atoms with E-state index in [9.17, 15) is 18.3 Å². The molecular formula is C6H8K2O9S. The smallest absolute Gasteiger partial charge is 0.446 e. The number of esters is 1. The molecule has 0 saturated carbocycles. The van der Waals surface area contributed by atoms with E-state index in [-0.39, 0.29) is 103 Å². The van der Waals surface area contributed by atoms with Gasteiger partial charge >= 0.3 is 16.4 Å². The van der Waals surface area contributed by atoms with Crippen molar-refractivity contribution in [1.82, 2.24) is 0 Å². The predicted octanol–water partition coefficient (Wildman–Crippen LogP) is -2.91. The van der Waals surface area contributed by atoms with Crippen LogP contribution in [0, 0.1) is 0 Å². The van der Waals surface area contributed by atoms with Crippen molar-refractivity contribution in [1.29, 1.82) is 0 Å². The van der Waals surface area contributed by atoms with E-state index in [4.69, 9.17) is 14.8 Å². The van der Waals surface area contributed by atoms with Crippen LogP contribution >= 0.6 is 0 Å². The van der Waals surface area contributed by atoms with Crippen LogP contribution in [0.1, 0.15) is 0 Å². The SMILES string of the molecule is O=C1O[C@H]([C@@H](O)CO)C(O)=C1OS(=O)(=O)O.[K].[K]. The van der Waals surface area contributed by atoms with Gasteiger partial charge in [0.15, 0.2) is 11.9 Å². The molecule has 1 aliphatic rings. The summed E-state index contributed by atoms with van der Waals surface area (Å²) in [6.07, 6.45) is -3.26. The van der Waals surface area contributed by atoms with Gasteiger partial charge in [0.2, 0.25) is 0 Å². The molecule has 0 aromatic rings. The minimum absolute atomic E-state index is 0. The monoisotopic (exact) mass is 334 g/mol. The van der Waals surface area contributed by atoms with Crippen molar-refractivity contribution < 1.29 is 42.0 Å². The van der Waals surface area contributed by atoms with Gasteiger partial charge in [-0.1, -0.05) is 0 Å². The number of aliphatic hydroxyl groups is 3. The van der Waals surface area contributed by atoms with Gasteiger partial charge in [0.1, 0.15) is 6.10 Å². The topological polar surface area (TPSA) is 151 Å². The predicted molar refractivity (Wildman–Crippen MR) is 56.8 cm³/mol. The van der Waals surface area contributed by atoms with Gasteiger partial charge in [0, 0.05) is 103 Å². The molecule has 1 rings (SSSR count). The molecule has 2 atom stereocenters. The van der Waals surface area contributed by atoms with E-state index in [1.54, 1.807) is 0 Å². The van der Waals surface area contributed by atoms with E-state index in [0.29, 0.717) is 0 Å². The zero-order valence-corrected chi connectivity index (χ0v) is 16.7. The summed E-state index contributed by atoms with van der Waals surface area (Å²) in [4.78, 5) is 11.0. The summed E-state index contributed by atoms with van der Waals surface area (Å²) >= 11 is 0. The molecule has 0 unspecified atom stereocenters. The molecule has 0 saturated heterocycles. The van der Waals surface area contributed by atoms with Gasteiger partial charge in [-0.25, -0.2) is 4.79 Å². The Kier molecular flexibility index (Phi) is 11.1. The number of aliphatic hydroxyl groups excluding tert-OH is 3. The number of carbonyl (C=O) groups is 1. The zero-order chi connectivity index (χ0) is 12.5. The summed E-state index contributed by atoms with van der Waals surface area (Å²) in [6, 6.07) is 0. The second-order valence-corrected chi connectivity index (χ2v) is 3.82. The standard InChI is InChI=1S/C6H8O9S.2K/c7-1-2(8)4-3(9)5(6(10)14-4)15-16(11,12)13;;/h2,4,7-9H,1H2,(H,11,12,13);;/t2-,4+;;/m0../s1. The molecule has 1 aliphatic heterocycles. The molecule has 9 nitrogen and oxygen atoms in total. The molecule has 0 amide bonds. The first-order valence-corrected chi connectivity index (χ1v) is 5.22. The minimum Gasteiger partial charge on any atom is -0.505 e. The van der Waals surface area contributed by atoms with Crippen LogP contribution in [0.15, 0.2) is 11.5 Å². The molecule has 0 aromatic carbocycles. The maximum Gasteiger partial charge on any atom is 0.446 e. The summed E-state index contributed by atoms with van der Waals surface area (Å²) in [5.41, 5.74) is 0. The van der Waals surface area contributed by atoms with Crippen LogP contribution in [0.5, 0.6) is 0 Å². The van der Waals surface area contributed by atoms with Gasteiger partial charge in [0.25, 0.3) is 5.76 Å². The quantitative estimate of drug-likeness (QED) is 0.241. The van der Waals surface area contributed by atoms with Gasteiger partial charge < -0.3 is 24.2 Å². The van der Waals surface area contributed by atoms with Gasteiger partial charge in [-0.3, -0.25) is 4.55 Å². The van der Waals surface area contributed by atoms with Crippen molar-refractivity contribution in [3.05, 3.63) is 11.5 Å². The Morgan fingerprint density at radius 2 is 1.89 bits per heavy atom. The maximum atomic E-state index is 11.0. The summed E-state index contributed by atoms with van der Waals surface area (Å²) < 4.78 is 36.9. The van der Waals surface area contributed by atoms with Crippen LogP contribution in [0.25, 0.3) is 0 Å². The Labute approximate surface area is 187 Å². The molecule has 0 spiro atoms. The average molecular weight is 334 g/mol. The Morgan fingerprint density at radius 1 is 1.39 bits per heavy atom. The molecule has 4 N–H and O–H groups in total. The second kappa shape index (κ2) is 9.04. The first kappa shape index (κ1) is 22.2. The molecule has 0 aliphatic carbocycles. The molecule has 18 heavy (non-hydrogen) atoms. The van der Waals surface area contributed by atoms with Crippen LogP contribution < -0.4 is 0 Å². The molecule has 2 radical (unpaired) electrons. The fraction of sp³-hybridized carbons (Fsp3) is 0.500. The number of rotatable bonds is 4. The first-order chi connectivity index (χ1) is 7.26. The Hall–Kier alpha value is 1.91. The summed E-state index contributed by atoms with van der Waals surface area (Å²) in [5, 5.41) is 26.9. The third-order valence-electron chi connectivity index (χ3n) is 1.65. The number of ether oxygens (including phenoxy) is 1. The number of cyclic esters (lactones) is 1. The third-order valence-corrected chi connectivity index (χ3v) is 2.02. The minimum atomic E-state index is -4.99. The van der Waals surface area contributed by atoms with E-state index >= 15 is 0 Å². The largest absolute Gasteiger partial charge is 0.505 e. The zero-order valence-electron chi connectivity index (χ0n) is 9.60. The molecular weight excluding hydrogens is 326 g/mol. The van der Waals surface area contributed by atoms with Gasteiger partial charge in [0.05, 0.1) is 6.61 Å². The average Bonchev–Trinajstić information content (AvgIpc) is 2.42. The number of hydrogen-bond donors (Lipinski definition) is 4. The molecule has 94 valence electrons. The number of carbonyl (C=O) groups excluding carboxylic acids is 1. The van der Waals surface area contributed by atoms with E-state index in [1.807, 2.05) is 0 Å². The van der Waals surface area contributed by atoms with E-state index in [2.05, 4.69) is 8.92 Å². The maximum absolute atomic E-state index is 11.0. The van der Waals surface area contributed by atoms with Crippen LogP contribution in [0.3, 0.4) is 0 Å². The Balaban J connectivity index is 0. The fourth-order valence-electron chi connectivity index (χ4n) is 0.997. The van der Waals surface area contributed by atoms with Gasteiger partial charge in [-0.15, -0.1) is 0 Å². The van der Waals surface area contributed by atoms with Crippen molar-refractivity contribution >= 4 is 119 Å². The number of hydrogen-bond acceptors (Lipinski definition) is 8. The molecule has 1 heterocycles. The summed E-state index contributed by atoms with van der Waals surface area (Å²) in [7, 11) is -4.99. The van der Waals surface area contributed by atoms with Crippen molar-refractivity contribution in [3.8, 4) is 0 Å². The fourth-order valence-corrected chi connectivity index (χ4v) is 1.36. The van der Waals surface area contributed by atoms with Gasteiger partial charge in [-0.05, 0) is 0 Å². The van der Waals surface area contributed by atoms with Crippen molar-refractivity contribution in [2.75, 3.05) is 6.61 Å². The van der Waals surface area contributed by atoms with Crippen LogP contribution in [0.4, 0.5) is 0 Å². The van der Waals surface area contributed by atoms with E-state index < -0.39 is 46.7 Å². The van der Waals surface area contributed by atoms with Crippen LogP contribution in [-0.4, -0.2) is 156 Å². The summed E-state index contributed by atoms with van der Waals surface area (Å²) in [5.74, 6) is -3.56. The van der Waals surface area contributed by atoms with Crippen molar-refractivity contribution in [2.45, 2.75) is 12.2 Å².